The van der Waals surface area contributed by atoms with Crippen LogP contribution in [-0.2, 0) is 16.1 Å². The van der Waals surface area contributed by atoms with Crippen LogP contribution in [0, 0.1) is 5.92 Å². The second-order valence-electron chi connectivity index (χ2n) is 4.10. The standard InChI is InChI=1S/C14H21NO2/c1-2-13(10-15)14(16)8-9-17-11-12-6-4-3-5-7-12/h3-7,13H,2,8-11,15H2,1H3. The van der Waals surface area contributed by atoms with E-state index in [1.54, 1.807) is 0 Å². The van der Waals surface area contributed by atoms with Crippen LogP contribution < -0.4 is 5.73 Å². The number of hydrogen-bond donors (Lipinski definition) is 1. The van der Waals surface area contributed by atoms with E-state index in [2.05, 4.69) is 0 Å². The monoisotopic (exact) mass is 235 g/mol. The number of carbonyl (C=O) groups is 1. The Kier molecular flexibility index (Phi) is 6.51. The number of Topliss-reactive ketones (excluding diaryl/α,β-unsaturated/α-hetero) is 1. The van der Waals surface area contributed by atoms with Crippen LogP contribution in [-0.4, -0.2) is 18.9 Å². The molecule has 0 aliphatic heterocycles. The first kappa shape index (κ1) is 13.9. The maximum absolute atomic E-state index is 11.7. The first-order valence-corrected chi connectivity index (χ1v) is 6.12. The van der Waals surface area contributed by atoms with Gasteiger partial charge in [-0.3, -0.25) is 4.79 Å². The molecular weight excluding hydrogens is 214 g/mol. The molecule has 0 aromatic heterocycles. The third-order valence-electron chi connectivity index (χ3n) is 2.84. The Labute approximate surface area is 103 Å². The third kappa shape index (κ3) is 5.11. The molecule has 0 aliphatic carbocycles. The summed E-state index contributed by atoms with van der Waals surface area (Å²) in [6, 6.07) is 9.95. The Balaban J connectivity index is 2.18. The maximum atomic E-state index is 11.7. The topological polar surface area (TPSA) is 52.3 Å². The lowest BCUT2D eigenvalue weighted by Gasteiger charge is -2.10. The lowest BCUT2D eigenvalue weighted by molar-refractivity contribution is -0.123. The fourth-order valence-electron chi connectivity index (χ4n) is 1.67. The molecule has 0 aliphatic rings. The minimum atomic E-state index is -0.00433. The molecule has 94 valence electrons. The van der Waals surface area contributed by atoms with E-state index in [-0.39, 0.29) is 11.7 Å². The zero-order chi connectivity index (χ0) is 12.5. The molecule has 1 aromatic carbocycles. The van der Waals surface area contributed by atoms with Crippen molar-refractivity contribution in [2.24, 2.45) is 11.7 Å². The van der Waals surface area contributed by atoms with Gasteiger partial charge in [-0.15, -0.1) is 0 Å². The molecule has 1 rings (SSSR count). The summed E-state index contributed by atoms with van der Waals surface area (Å²) >= 11 is 0. The largest absolute Gasteiger partial charge is 0.376 e. The average molecular weight is 235 g/mol. The number of ketones is 1. The quantitative estimate of drug-likeness (QED) is 0.702. The van der Waals surface area contributed by atoms with Gasteiger partial charge in [0.25, 0.3) is 0 Å². The van der Waals surface area contributed by atoms with Crippen molar-refractivity contribution in [1.29, 1.82) is 0 Å². The minimum absolute atomic E-state index is 0.00433. The molecule has 0 bridgehead atoms. The summed E-state index contributed by atoms with van der Waals surface area (Å²) in [5.74, 6) is 0.207. The van der Waals surface area contributed by atoms with Gasteiger partial charge in [0.05, 0.1) is 13.2 Å². The molecule has 0 radical (unpaired) electrons. The van der Waals surface area contributed by atoms with Gasteiger partial charge in [0.15, 0.2) is 0 Å². The van der Waals surface area contributed by atoms with Crippen molar-refractivity contribution in [3.05, 3.63) is 35.9 Å². The molecule has 0 fully saturated rings. The highest BCUT2D eigenvalue weighted by atomic mass is 16.5. The Morgan fingerprint density at radius 2 is 2.06 bits per heavy atom. The Hall–Kier alpha value is -1.19. The van der Waals surface area contributed by atoms with E-state index in [4.69, 9.17) is 10.5 Å². The number of nitrogens with two attached hydrogens (primary N) is 1. The van der Waals surface area contributed by atoms with E-state index in [1.165, 1.54) is 0 Å². The molecule has 2 N–H and O–H groups in total. The number of rotatable bonds is 8. The molecule has 0 heterocycles. The molecule has 3 heteroatoms. The first-order valence-electron chi connectivity index (χ1n) is 6.12. The first-order chi connectivity index (χ1) is 8.27. The predicted octanol–water partition coefficient (Wildman–Crippen LogP) is 2.15. The van der Waals surface area contributed by atoms with Gasteiger partial charge in [-0.2, -0.15) is 0 Å². The van der Waals surface area contributed by atoms with Gasteiger partial charge in [-0.25, -0.2) is 0 Å². The number of hydrogen-bond acceptors (Lipinski definition) is 3. The lowest BCUT2D eigenvalue weighted by Crippen LogP contribution is -2.23. The summed E-state index contributed by atoms with van der Waals surface area (Å²) in [6.45, 7) is 3.46. The molecule has 1 aromatic rings. The molecule has 17 heavy (non-hydrogen) atoms. The van der Waals surface area contributed by atoms with Crippen molar-refractivity contribution >= 4 is 5.78 Å². The predicted molar refractivity (Wildman–Crippen MR) is 68.6 cm³/mol. The van der Waals surface area contributed by atoms with Crippen molar-refractivity contribution < 1.29 is 9.53 Å². The van der Waals surface area contributed by atoms with Gasteiger partial charge in [0, 0.05) is 18.9 Å². The van der Waals surface area contributed by atoms with Crippen LogP contribution in [0.3, 0.4) is 0 Å². The van der Waals surface area contributed by atoms with Gasteiger partial charge in [-0.05, 0) is 12.0 Å². The fraction of sp³-hybridized carbons (Fsp3) is 0.500. The van der Waals surface area contributed by atoms with Crippen LogP contribution in [0.4, 0.5) is 0 Å². The van der Waals surface area contributed by atoms with E-state index in [0.29, 0.717) is 26.2 Å². The van der Waals surface area contributed by atoms with Crippen molar-refractivity contribution in [3.63, 3.8) is 0 Å². The summed E-state index contributed by atoms with van der Waals surface area (Å²) in [6.07, 6.45) is 1.27. The van der Waals surface area contributed by atoms with E-state index < -0.39 is 0 Å². The Morgan fingerprint density at radius 1 is 1.35 bits per heavy atom. The summed E-state index contributed by atoms with van der Waals surface area (Å²) in [5, 5.41) is 0. The van der Waals surface area contributed by atoms with Crippen LogP contribution in [0.5, 0.6) is 0 Å². The van der Waals surface area contributed by atoms with Gasteiger partial charge in [0.1, 0.15) is 5.78 Å². The Bertz CT molecular complexity index is 320. The molecule has 3 nitrogen and oxygen atoms in total. The van der Waals surface area contributed by atoms with E-state index in [1.807, 2.05) is 37.3 Å². The molecule has 1 unspecified atom stereocenters. The lowest BCUT2D eigenvalue weighted by atomic mass is 9.99. The van der Waals surface area contributed by atoms with Crippen molar-refractivity contribution in [2.75, 3.05) is 13.2 Å². The fourth-order valence-corrected chi connectivity index (χ4v) is 1.67. The highest BCUT2D eigenvalue weighted by molar-refractivity contribution is 5.81. The van der Waals surface area contributed by atoms with Crippen molar-refractivity contribution in [3.8, 4) is 0 Å². The van der Waals surface area contributed by atoms with Crippen LogP contribution in [0.1, 0.15) is 25.3 Å². The van der Waals surface area contributed by atoms with Crippen molar-refractivity contribution in [2.45, 2.75) is 26.4 Å². The highest BCUT2D eigenvalue weighted by Crippen LogP contribution is 2.06. The number of carbonyl (C=O) groups excluding carboxylic acids is 1. The Morgan fingerprint density at radius 3 is 2.65 bits per heavy atom. The zero-order valence-corrected chi connectivity index (χ0v) is 10.4. The van der Waals surface area contributed by atoms with E-state index in [0.717, 1.165) is 12.0 Å². The SMILES string of the molecule is CCC(CN)C(=O)CCOCc1ccccc1. The zero-order valence-electron chi connectivity index (χ0n) is 10.4. The van der Waals surface area contributed by atoms with Crippen LogP contribution in [0.2, 0.25) is 0 Å². The maximum Gasteiger partial charge on any atom is 0.139 e. The second kappa shape index (κ2) is 7.98. The van der Waals surface area contributed by atoms with Crippen LogP contribution in [0.25, 0.3) is 0 Å². The second-order valence-corrected chi connectivity index (χ2v) is 4.10. The molecule has 0 amide bonds. The summed E-state index contributed by atoms with van der Waals surface area (Å²) in [7, 11) is 0. The number of ether oxygens (including phenoxy) is 1. The minimum Gasteiger partial charge on any atom is -0.376 e. The summed E-state index contributed by atoms with van der Waals surface area (Å²) in [4.78, 5) is 11.7. The summed E-state index contributed by atoms with van der Waals surface area (Å²) in [5.41, 5.74) is 6.65. The van der Waals surface area contributed by atoms with Crippen LogP contribution >= 0.6 is 0 Å². The van der Waals surface area contributed by atoms with E-state index in [9.17, 15) is 4.79 Å². The molecule has 0 spiro atoms. The van der Waals surface area contributed by atoms with Gasteiger partial charge in [-0.1, -0.05) is 37.3 Å². The molecule has 1 atom stereocenters. The van der Waals surface area contributed by atoms with Crippen LogP contribution in [0.15, 0.2) is 30.3 Å². The van der Waals surface area contributed by atoms with Gasteiger partial charge < -0.3 is 10.5 Å². The third-order valence-corrected chi connectivity index (χ3v) is 2.84. The van der Waals surface area contributed by atoms with Gasteiger partial charge >= 0.3 is 0 Å². The molecule has 0 saturated carbocycles. The average Bonchev–Trinajstić information content (AvgIpc) is 2.37. The molecule has 0 saturated heterocycles. The molecular formula is C14H21NO2. The summed E-state index contributed by atoms with van der Waals surface area (Å²) < 4.78 is 5.47. The van der Waals surface area contributed by atoms with Crippen molar-refractivity contribution in [1.82, 2.24) is 0 Å². The highest BCUT2D eigenvalue weighted by Gasteiger charge is 2.13. The van der Waals surface area contributed by atoms with Gasteiger partial charge in [0.2, 0.25) is 0 Å². The van der Waals surface area contributed by atoms with E-state index >= 15 is 0 Å². The number of benzene rings is 1. The normalized spacial score (nSPS) is 12.4. The smallest absolute Gasteiger partial charge is 0.139 e.